The van der Waals surface area contributed by atoms with Crippen molar-refractivity contribution in [1.29, 1.82) is 0 Å². The van der Waals surface area contributed by atoms with Crippen molar-refractivity contribution in [2.24, 2.45) is 11.5 Å². The lowest BCUT2D eigenvalue weighted by Gasteiger charge is -2.34. The number of primary amides is 1. The number of carbonyl (C=O) groups excluding carboxylic acids is 2. The number of nitrogens with one attached hydrogen (secondary N) is 2. The zero-order chi connectivity index (χ0) is 24.8. The minimum atomic E-state index is -0.553. The molecule has 1 aliphatic rings. The fraction of sp³-hybridized carbons (Fsp3) is 0.304. The zero-order valence-corrected chi connectivity index (χ0v) is 19.4. The molecule has 4 heterocycles. The Balaban J connectivity index is 1.39. The summed E-state index contributed by atoms with van der Waals surface area (Å²) >= 11 is 0. The van der Waals surface area contributed by atoms with Crippen molar-refractivity contribution in [3.05, 3.63) is 60.3 Å². The molecule has 1 fully saturated rings. The van der Waals surface area contributed by atoms with Crippen LogP contribution in [-0.4, -0.2) is 69.5 Å². The summed E-state index contributed by atoms with van der Waals surface area (Å²) in [4.78, 5) is 44.7. The molecule has 0 bridgehead atoms. The second-order valence-electron chi connectivity index (χ2n) is 8.19. The summed E-state index contributed by atoms with van der Waals surface area (Å²) in [5.74, 6) is 1.16. The minimum absolute atomic E-state index is 0.134. The predicted octanol–water partition coefficient (Wildman–Crippen LogP) is 1.18. The van der Waals surface area contributed by atoms with Gasteiger partial charge >= 0.3 is 0 Å². The lowest BCUT2D eigenvalue weighted by atomic mass is 10.0. The van der Waals surface area contributed by atoms with Crippen LogP contribution in [0.15, 0.2) is 49.2 Å². The molecule has 182 valence electrons. The summed E-state index contributed by atoms with van der Waals surface area (Å²) in [5.41, 5.74) is 12.5. The second-order valence-corrected chi connectivity index (χ2v) is 8.19. The summed E-state index contributed by atoms with van der Waals surface area (Å²) < 4.78 is 0. The van der Waals surface area contributed by atoms with E-state index in [0.717, 1.165) is 31.7 Å². The van der Waals surface area contributed by atoms with Crippen molar-refractivity contribution in [3.63, 3.8) is 0 Å². The Morgan fingerprint density at radius 2 is 1.89 bits per heavy atom. The lowest BCUT2D eigenvalue weighted by Crippen LogP contribution is -2.40. The van der Waals surface area contributed by atoms with Crippen LogP contribution in [0.25, 0.3) is 0 Å². The summed E-state index contributed by atoms with van der Waals surface area (Å²) in [5, 5.41) is 6.52. The molecule has 35 heavy (non-hydrogen) atoms. The Hall–Kier alpha value is -4.32. The van der Waals surface area contributed by atoms with Gasteiger partial charge in [0.25, 0.3) is 11.8 Å². The van der Waals surface area contributed by atoms with Crippen molar-refractivity contribution in [2.45, 2.75) is 18.9 Å². The van der Waals surface area contributed by atoms with Crippen LogP contribution in [0.2, 0.25) is 0 Å². The standard InChI is InChI=1S/C23H28N10O2/c1-32(14-24)23(35)15-2-3-21(29-11-15)33-8-4-16(5-9-33)30-18-10-19(28-12-17(18)22(25)34)31-20-13-26-6-7-27-20/h2-3,6-7,10-13,16H,4-5,8-9,14,24H2,1H3,(H2,25,34)(H2,27,28,30,31). The topological polar surface area (TPSA) is 168 Å². The maximum atomic E-state index is 12.2. The molecule has 0 spiro atoms. The molecule has 0 atom stereocenters. The van der Waals surface area contributed by atoms with Gasteiger partial charge in [-0.05, 0) is 25.0 Å². The number of carbonyl (C=O) groups is 2. The molecule has 12 heteroatoms. The highest BCUT2D eigenvalue weighted by atomic mass is 16.2. The van der Waals surface area contributed by atoms with E-state index in [0.29, 0.717) is 28.5 Å². The van der Waals surface area contributed by atoms with Crippen molar-refractivity contribution in [2.75, 3.05) is 42.3 Å². The van der Waals surface area contributed by atoms with Crippen LogP contribution in [0.5, 0.6) is 0 Å². The first-order valence-corrected chi connectivity index (χ1v) is 11.2. The molecule has 0 aliphatic carbocycles. The van der Waals surface area contributed by atoms with Crippen LogP contribution in [-0.2, 0) is 0 Å². The third kappa shape index (κ3) is 5.79. The first kappa shape index (κ1) is 23.8. The van der Waals surface area contributed by atoms with Gasteiger partial charge < -0.3 is 31.9 Å². The van der Waals surface area contributed by atoms with Gasteiger partial charge in [0.2, 0.25) is 0 Å². The van der Waals surface area contributed by atoms with Crippen LogP contribution >= 0.6 is 0 Å². The molecule has 6 N–H and O–H groups in total. The Bertz CT molecular complexity index is 1160. The van der Waals surface area contributed by atoms with Gasteiger partial charge in [0.1, 0.15) is 17.5 Å². The van der Waals surface area contributed by atoms with E-state index in [1.54, 1.807) is 44.0 Å². The maximum Gasteiger partial charge on any atom is 0.256 e. The average molecular weight is 477 g/mol. The largest absolute Gasteiger partial charge is 0.381 e. The maximum absolute atomic E-state index is 12.2. The number of rotatable bonds is 8. The monoisotopic (exact) mass is 476 g/mol. The molecule has 12 nitrogen and oxygen atoms in total. The van der Waals surface area contributed by atoms with E-state index in [2.05, 4.69) is 35.5 Å². The van der Waals surface area contributed by atoms with E-state index in [1.807, 2.05) is 6.07 Å². The summed E-state index contributed by atoms with van der Waals surface area (Å²) in [6, 6.07) is 5.50. The number of nitrogens with two attached hydrogens (primary N) is 2. The first-order chi connectivity index (χ1) is 16.9. The highest BCUT2D eigenvalue weighted by Crippen LogP contribution is 2.25. The second kappa shape index (κ2) is 10.7. The van der Waals surface area contributed by atoms with Gasteiger partial charge in [0.05, 0.1) is 29.7 Å². The molecule has 0 radical (unpaired) electrons. The van der Waals surface area contributed by atoms with Crippen molar-refractivity contribution in [3.8, 4) is 0 Å². The van der Waals surface area contributed by atoms with E-state index in [9.17, 15) is 9.59 Å². The van der Waals surface area contributed by atoms with E-state index >= 15 is 0 Å². The molecule has 3 aromatic rings. The quantitative estimate of drug-likeness (QED) is 0.346. The van der Waals surface area contributed by atoms with Crippen LogP contribution in [0, 0.1) is 0 Å². The molecule has 2 amide bonds. The fourth-order valence-electron chi connectivity index (χ4n) is 3.81. The number of piperidine rings is 1. The summed E-state index contributed by atoms with van der Waals surface area (Å²) in [6.07, 6.45) is 9.42. The van der Waals surface area contributed by atoms with E-state index in [-0.39, 0.29) is 18.6 Å². The number of aromatic nitrogens is 4. The minimum Gasteiger partial charge on any atom is -0.381 e. The van der Waals surface area contributed by atoms with Gasteiger partial charge in [-0.3, -0.25) is 14.6 Å². The number of amides is 2. The summed E-state index contributed by atoms with van der Waals surface area (Å²) in [6.45, 7) is 1.68. The molecule has 1 aliphatic heterocycles. The third-order valence-electron chi connectivity index (χ3n) is 5.78. The lowest BCUT2D eigenvalue weighted by molar-refractivity contribution is 0.0798. The smallest absolute Gasteiger partial charge is 0.256 e. The Kier molecular flexibility index (Phi) is 7.31. The molecule has 0 aromatic carbocycles. The molecule has 0 saturated carbocycles. The molecular weight excluding hydrogens is 448 g/mol. The normalized spacial score (nSPS) is 13.8. The molecule has 0 unspecified atom stereocenters. The van der Waals surface area contributed by atoms with Gasteiger partial charge in [-0.2, -0.15) is 0 Å². The number of hydrogen-bond donors (Lipinski definition) is 4. The number of nitrogens with zero attached hydrogens (tertiary/aromatic N) is 6. The Morgan fingerprint density at radius 3 is 2.51 bits per heavy atom. The number of anilines is 4. The van der Waals surface area contributed by atoms with Crippen molar-refractivity contribution >= 4 is 35.0 Å². The number of hydrogen-bond acceptors (Lipinski definition) is 10. The molecule has 4 rings (SSSR count). The van der Waals surface area contributed by atoms with Crippen LogP contribution in [0.4, 0.5) is 23.1 Å². The molecular formula is C23H28N10O2. The van der Waals surface area contributed by atoms with Crippen molar-refractivity contribution in [1.82, 2.24) is 24.8 Å². The van der Waals surface area contributed by atoms with Gasteiger partial charge in [-0.25, -0.2) is 15.0 Å². The highest BCUT2D eigenvalue weighted by molar-refractivity contribution is 5.98. The zero-order valence-electron chi connectivity index (χ0n) is 19.4. The van der Waals surface area contributed by atoms with Crippen molar-refractivity contribution < 1.29 is 9.59 Å². The van der Waals surface area contributed by atoms with Gasteiger partial charge in [0.15, 0.2) is 0 Å². The van der Waals surface area contributed by atoms with E-state index in [1.165, 1.54) is 11.1 Å². The van der Waals surface area contributed by atoms with Gasteiger partial charge in [0, 0.05) is 57.0 Å². The number of pyridine rings is 2. The highest BCUT2D eigenvalue weighted by Gasteiger charge is 2.22. The van der Waals surface area contributed by atoms with Gasteiger partial charge in [-0.1, -0.05) is 0 Å². The predicted molar refractivity (Wildman–Crippen MR) is 132 cm³/mol. The van der Waals surface area contributed by atoms with Crippen LogP contribution in [0.1, 0.15) is 33.6 Å². The SMILES string of the molecule is CN(CN)C(=O)c1ccc(N2CCC(Nc3cc(Nc4cnccn4)ncc3C(N)=O)CC2)nc1. The first-order valence-electron chi connectivity index (χ1n) is 11.2. The Morgan fingerprint density at radius 1 is 1.09 bits per heavy atom. The molecule has 3 aromatic heterocycles. The summed E-state index contributed by atoms with van der Waals surface area (Å²) in [7, 11) is 1.65. The van der Waals surface area contributed by atoms with E-state index < -0.39 is 5.91 Å². The van der Waals surface area contributed by atoms with Crippen LogP contribution < -0.4 is 27.0 Å². The van der Waals surface area contributed by atoms with E-state index in [4.69, 9.17) is 11.5 Å². The third-order valence-corrected chi connectivity index (χ3v) is 5.78. The fourth-order valence-corrected chi connectivity index (χ4v) is 3.81. The Labute approximate surface area is 202 Å². The van der Waals surface area contributed by atoms with Gasteiger partial charge in [-0.15, -0.1) is 0 Å². The molecule has 1 saturated heterocycles. The van der Waals surface area contributed by atoms with Crippen LogP contribution in [0.3, 0.4) is 0 Å². The average Bonchev–Trinajstić information content (AvgIpc) is 2.89.